The maximum atomic E-state index is 3.98. The van der Waals surface area contributed by atoms with E-state index in [1.807, 2.05) is 30.3 Å². The molecule has 1 aromatic heterocycles. The van der Waals surface area contributed by atoms with E-state index in [4.69, 9.17) is 0 Å². The first-order valence-corrected chi connectivity index (χ1v) is 5.48. The highest BCUT2D eigenvalue weighted by molar-refractivity contribution is 9.15. The van der Waals surface area contributed by atoms with Crippen molar-refractivity contribution in [2.75, 3.05) is 0 Å². The highest BCUT2D eigenvalue weighted by atomic mass is 79.9. The molecule has 0 aliphatic carbocycles. The minimum absolute atomic E-state index is 1.08. The molecule has 15 heavy (non-hydrogen) atoms. The maximum Gasteiger partial charge on any atom is 0.0273 e. The van der Waals surface area contributed by atoms with Crippen LogP contribution in [0.2, 0.25) is 0 Å². The molecule has 2 heteroatoms. The van der Waals surface area contributed by atoms with Gasteiger partial charge in [-0.25, -0.2) is 0 Å². The van der Waals surface area contributed by atoms with Gasteiger partial charge in [-0.1, -0.05) is 46.3 Å². The van der Waals surface area contributed by atoms with Crippen molar-refractivity contribution in [2.45, 2.75) is 0 Å². The van der Waals surface area contributed by atoms with Gasteiger partial charge in [0, 0.05) is 16.9 Å². The van der Waals surface area contributed by atoms with Gasteiger partial charge in [0.1, 0.15) is 0 Å². The molecule has 0 atom stereocenters. The zero-order valence-electron chi connectivity index (χ0n) is 8.10. The van der Waals surface area contributed by atoms with Crippen LogP contribution in [0.3, 0.4) is 0 Å². The molecule has 0 saturated heterocycles. The standard InChI is InChI=1S/C13H10BrN/c14-13(12-4-2-1-3-5-12)10-11-6-8-15-9-7-11/h1-10H. The predicted molar refractivity (Wildman–Crippen MR) is 67.5 cm³/mol. The molecule has 0 unspecified atom stereocenters. The summed E-state index contributed by atoms with van der Waals surface area (Å²) in [6.45, 7) is 0. The van der Waals surface area contributed by atoms with Gasteiger partial charge in [0.05, 0.1) is 0 Å². The van der Waals surface area contributed by atoms with Crippen LogP contribution in [0.15, 0.2) is 54.9 Å². The highest BCUT2D eigenvalue weighted by Crippen LogP contribution is 2.23. The summed E-state index contributed by atoms with van der Waals surface area (Å²) in [5, 5.41) is 0. The number of rotatable bonds is 2. The third-order valence-electron chi connectivity index (χ3n) is 2.05. The Morgan fingerprint density at radius 3 is 2.33 bits per heavy atom. The topological polar surface area (TPSA) is 12.9 Å². The summed E-state index contributed by atoms with van der Waals surface area (Å²) in [5.41, 5.74) is 2.31. The smallest absolute Gasteiger partial charge is 0.0273 e. The van der Waals surface area contributed by atoms with Crippen LogP contribution >= 0.6 is 15.9 Å². The zero-order valence-corrected chi connectivity index (χ0v) is 9.68. The summed E-state index contributed by atoms with van der Waals surface area (Å²) in [5.74, 6) is 0. The third kappa shape index (κ3) is 2.77. The van der Waals surface area contributed by atoms with Crippen LogP contribution in [0.1, 0.15) is 11.1 Å². The van der Waals surface area contributed by atoms with E-state index in [1.165, 1.54) is 5.56 Å². The van der Waals surface area contributed by atoms with E-state index >= 15 is 0 Å². The molecule has 0 bridgehead atoms. The van der Waals surface area contributed by atoms with Crippen molar-refractivity contribution in [3.05, 3.63) is 66.0 Å². The first-order chi connectivity index (χ1) is 7.36. The lowest BCUT2D eigenvalue weighted by atomic mass is 10.1. The molecule has 1 aromatic carbocycles. The van der Waals surface area contributed by atoms with Crippen LogP contribution in [0.4, 0.5) is 0 Å². The van der Waals surface area contributed by atoms with E-state index in [-0.39, 0.29) is 0 Å². The molecule has 0 amide bonds. The number of pyridine rings is 1. The number of aromatic nitrogens is 1. The average Bonchev–Trinajstić information content (AvgIpc) is 2.31. The largest absolute Gasteiger partial charge is 0.265 e. The molecule has 2 aromatic rings. The number of nitrogens with zero attached hydrogens (tertiary/aromatic N) is 1. The Balaban J connectivity index is 2.29. The summed E-state index contributed by atoms with van der Waals surface area (Å²) in [6, 6.07) is 14.2. The Kier molecular flexibility index (Phi) is 3.30. The minimum atomic E-state index is 1.08. The first kappa shape index (κ1) is 10.1. The second kappa shape index (κ2) is 4.89. The van der Waals surface area contributed by atoms with Gasteiger partial charge in [-0.2, -0.15) is 0 Å². The quantitative estimate of drug-likeness (QED) is 0.796. The van der Waals surface area contributed by atoms with E-state index in [0.29, 0.717) is 0 Å². The van der Waals surface area contributed by atoms with Crippen molar-refractivity contribution >= 4 is 26.5 Å². The van der Waals surface area contributed by atoms with Crippen molar-refractivity contribution in [2.24, 2.45) is 0 Å². The average molecular weight is 260 g/mol. The predicted octanol–water partition coefficient (Wildman–Crippen LogP) is 3.97. The Bertz CT molecular complexity index is 448. The van der Waals surface area contributed by atoms with Crippen LogP contribution < -0.4 is 0 Å². The normalized spacial score (nSPS) is 11.4. The van der Waals surface area contributed by atoms with Crippen molar-refractivity contribution in [3.63, 3.8) is 0 Å². The van der Waals surface area contributed by atoms with Crippen LogP contribution in [0, 0.1) is 0 Å². The van der Waals surface area contributed by atoms with Crippen molar-refractivity contribution in [1.29, 1.82) is 0 Å². The molecule has 0 saturated carbocycles. The van der Waals surface area contributed by atoms with Gasteiger partial charge in [-0.05, 0) is 29.3 Å². The second-order valence-corrected chi connectivity index (χ2v) is 3.99. The molecule has 2 rings (SSSR count). The lowest BCUT2D eigenvalue weighted by Gasteiger charge is -1.99. The van der Waals surface area contributed by atoms with E-state index in [1.54, 1.807) is 12.4 Å². The number of halogens is 1. The molecule has 74 valence electrons. The lowest BCUT2D eigenvalue weighted by molar-refractivity contribution is 1.32. The number of hydrogen-bond acceptors (Lipinski definition) is 1. The summed E-state index contributed by atoms with van der Waals surface area (Å²) in [4.78, 5) is 3.98. The SMILES string of the molecule is BrC(=Cc1ccncc1)c1ccccc1. The minimum Gasteiger partial charge on any atom is -0.265 e. The molecule has 0 radical (unpaired) electrons. The lowest BCUT2D eigenvalue weighted by Crippen LogP contribution is -1.77. The van der Waals surface area contributed by atoms with Gasteiger partial charge < -0.3 is 0 Å². The summed E-state index contributed by atoms with van der Waals surface area (Å²) >= 11 is 3.56. The first-order valence-electron chi connectivity index (χ1n) is 4.69. The van der Waals surface area contributed by atoms with E-state index in [2.05, 4.69) is 39.1 Å². The van der Waals surface area contributed by atoms with Gasteiger partial charge in [0.25, 0.3) is 0 Å². The van der Waals surface area contributed by atoms with Crippen LogP contribution in [-0.2, 0) is 0 Å². The van der Waals surface area contributed by atoms with Gasteiger partial charge in [0.15, 0.2) is 0 Å². The van der Waals surface area contributed by atoms with Crippen molar-refractivity contribution in [1.82, 2.24) is 4.98 Å². The summed E-state index contributed by atoms with van der Waals surface area (Å²) < 4.78 is 1.08. The number of benzene rings is 1. The fraction of sp³-hybridized carbons (Fsp3) is 0. The van der Waals surface area contributed by atoms with E-state index < -0.39 is 0 Å². The van der Waals surface area contributed by atoms with Crippen LogP contribution in [0.25, 0.3) is 10.6 Å². The van der Waals surface area contributed by atoms with Crippen LogP contribution in [-0.4, -0.2) is 4.98 Å². The maximum absolute atomic E-state index is 3.98. The highest BCUT2D eigenvalue weighted by Gasteiger charge is 1.95. The summed E-state index contributed by atoms with van der Waals surface area (Å²) in [7, 11) is 0. The molecule has 1 heterocycles. The fourth-order valence-electron chi connectivity index (χ4n) is 1.29. The van der Waals surface area contributed by atoms with Gasteiger partial charge in [-0.15, -0.1) is 0 Å². The molecule has 0 N–H and O–H groups in total. The monoisotopic (exact) mass is 259 g/mol. The zero-order chi connectivity index (χ0) is 10.5. The van der Waals surface area contributed by atoms with Crippen molar-refractivity contribution in [3.8, 4) is 0 Å². The summed E-state index contributed by atoms with van der Waals surface area (Å²) in [6.07, 6.45) is 5.66. The third-order valence-corrected chi connectivity index (χ3v) is 2.74. The molecular formula is C13H10BrN. The molecular weight excluding hydrogens is 250 g/mol. The Morgan fingerprint density at radius 1 is 1.00 bits per heavy atom. The second-order valence-electron chi connectivity index (χ2n) is 3.14. The number of hydrogen-bond donors (Lipinski definition) is 0. The van der Waals surface area contributed by atoms with Crippen molar-refractivity contribution < 1.29 is 0 Å². The molecule has 0 fully saturated rings. The van der Waals surface area contributed by atoms with Gasteiger partial charge in [0.2, 0.25) is 0 Å². The molecule has 0 aliphatic rings. The molecule has 0 aliphatic heterocycles. The van der Waals surface area contributed by atoms with E-state index in [0.717, 1.165) is 10.0 Å². The molecule has 0 spiro atoms. The fourth-order valence-corrected chi connectivity index (χ4v) is 1.82. The van der Waals surface area contributed by atoms with Gasteiger partial charge >= 0.3 is 0 Å². The molecule has 1 nitrogen and oxygen atoms in total. The Morgan fingerprint density at radius 2 is 1.67 bits per heavy atom. The van der Waals surface area contributed by atoms with E-state index in [9.17, 15) is 0 Å². The van der Waals surface area contributed by atoms with Crippen LogP contribution in [0.5, 0.6) is 0 Å². The Hall–Kier alpha value is -1.41. The Labute approximate surface area is 97.6 Å². The van der Waals surface area contributed by atoms with Gasteiger partial charge in [-0.3, -0.25) is 4.98 Å².